The molecule has 28 heavy (non-hydrogen) atoms. The lowest BCUT2D eigenvalue weighted by molar-refractivity contribution is 0.0939. The van der Waals surface area contributed by atoms with E-state index in [1.165, 1.54) is 22.5 Å². The van der Waals surface area contributed by atoms with Gasteiger partial charge in [-0.1, -0.05) is 30.5 Å². The Morgan fingerprint density at radius 1 is 1.18 bits per heavy atom. The van der Waals surface area contributed by atoms with E-state index in [1.54, 1.807) is 18.5 Å². The second-order valence-electron chi connectivity index (χ2n) is 6.95. The molecule has 1 saturated heterocycles. The Morgan fingerprint density at radius 3 is 2.54 bits per heavy atom. The average Bonchev–Trinajstić information content (AvgIpc) is 2.99. The first-order valence-electron chi connectivity index (χ1n) is 9.40. The Hall–Kier alpha value is -1.96. The van der Waals surface area contributed by atoms with Gasteiger partial charge in [0.25, 0.3) is 5.91 Å². The molecule has 2 heterocycles. The number of halogens is 1. The molecule has 0 aliphatic carbocycles. The summed E-state index contributed by atoms with van der Waals surface area (Å²) in [7, 11) is -3.74. The number of sulfonamides is 1. The van der Waals surface area contributed by atoms with Crippen molar-refractivity contribution in [3.05, 3.63) is 58.9 Å². The molecule has 150 valence electrons. The van der Waals surface area contributed by atoms with E-state index in [2.05, 4.69) is 10.3 Å². The highest BCUT2D eigenvalue weighted by atomic mass is 35.5. The fraction of sp³-hybridized carbons (Fsp3) is 0.400. The first kappa shape index (κ1) is 20.8. The van der Waals surface area contributed by atoms with Crippen LogP contribution in [-0.4, -0.2) is 36.7 Å². The number of hydrogen-bond donors (Lipinski definition) is 1. The molecular weight excluding hydrogens is 398 g/mol. The summed E-state index contributed by atoms with van der Waals surface area (Å²) in [6, 6.07) is 7.78. The summed E-state index contributed by atoms with van der Waals surface area (Å²) in [6.45, 7) is 2.81. The van der Waals surface area contributed by atoms with Crippen LogP contribution < -0.4 is 5.32 Å². The molecule has 1 N–H and O–H groups in total. The molecule has 1 aliphatic heterocycles. The third kappa shape index (κ3) is 4.71. The molecule has 1 aromatic heterocycles. The van der Waals surface area contributed by atoms with Gasteiger partial charge in [-0.25, -0.2) is 8.42 Å². The van der Waals surface area contributed by atoms with Crippen LogP contribution >= 0.6 is 11.6 Å². The smallest absolute Gasteiger partial charge is 0.251 e. The second-order valence-corrected chi connectivity index (χ2v) is 9.26. The highest BCUT2D eigenvalue weighted by molar-refractivity contribution is 7.89. The number of amides is 1. The zero-order valence-corrected chi connectivity index (χ0v) is 17.3. The second kappa shape index (κ2) is 9.03. The topological polar surface area (TPSA) is 79.4 Å². The maximum absolute atomic E-state index is 13.1. The lowest BCUT2D eigenvalue weighted by Crippen LogP contribution is -2.32. The van der Waals surface area contributed by atoms with Gasteiger partial charge in [0.15, 0.2) is 0 Å². The third-order valence-electron chi connectivity index (χ3n) is 4.91. The summed E-state index contributed by atoms with van der Waals surface area (Å²) in [5, 5.41) is 3.00. The zero-order chi connectivity index (χ0) is 20.1. The Bertz CT molecular complexity index is 927. The molecule has 0 radical (unpaired) electrons. The van der Waals surface area contributed by atoms with Crippen LogP contribution in [0, 0.1) is 0 Å². The van der Waals surface area contributed by atoms with Gasteiger partial charge < -0.3 is 5.32 Å². The molecule has 8 heteroatoms. The third-order valence-corrected chi connectivity index (χ3v) is 7.29. The standard InChI is InChI=1S/C20H24ClN3O3S/c1-15(17-7-6-10-22-14-17)23-20(25)16-8-9-18(21)19(13-16)28(26,27)24-11-4-2-3-5-12-24/h6-10,13-15H,2-5,11-12H2,1H3,(H,23,25)/t15-/m1/s1. The number of nitrogens with zero attached hydrogens (tertiary/aromatic N) is 2. The number of nitrogens with one attached hydrogen (secondary N) is 1. The largest absolute Gasteiger partial charge is 0.345 e. The quantitative estimate of drug-likeness (QED) is 0.796. The summed E-state index contributed by atoms with van der Waals surface area (Å²) in [5.74, 6) is -0.361. The van der Waals surface area contributed by atoms with Crippen molar-refractivity contribution in [2.45, 2.75) is 43.5 Å². The fourth-order valence-corrected chi connectivity index (χ4v) is 5.28. The van der Waals surface area contributed by atoms with Gasteiger partial charge in [0.2, 0.25) is 10.0 Å². The Labute approximate surface area is 171 Å². The van der Waals surface area contributed by atoms with E-state index < -0.39 is 10.0 Å². The Kier molecular flexibility index (Phi) is 6.69. The summed E-state index contributed by atoms with van der Waals surface area (Å²) in [6.07, 6.45) is 7.06. The van der Waals surface area contributed by atoms with Crippen LogP contribution in [0.5, 0.6) is 0 Å². The zero-order valence-electron chi connectivity index (χ0n) is 15.8. The molecule has 3 rings (SSSR count). The van der Waals surface area contributed by atoms with Crippen molar-refractivity contribution in [2.75, 3.05) is 13.1 Å². The van der Waals surface area contributed by atoms with E-state index in [4.69, 9.17) is 11.6 Å². The minimum absolute atomic E-state index is 0.0160. The van der Waals surface area contributed by atoms with E-state index >= 15 is 0 Å². The number of benzene rings is 1. The fourth-order valence-electron chi connectivity index (χ4n) is 3.26. The normalized spacial score (nSPS) is 16.9. The SMILES string of the molecule is C[C@@H](NC(=O)c1ccc(Cl)c(S(=O)(=O)N2CCCCCC2)c1)c1cccnc1. The summed E-state index contributed by atoms with van der Waals surface area (Å²) >= 11 is 6.20. The van der Waals surface area contributed by atoms with Gasteiger partial charge in [0, 0.05) is 31.0 Å². The van der Waals surface area contributed by atoms with Gasteiger partial charge in [-0.2, -0.15) is 4.31 Å². The van der Waals surface area contributed by atoms with Crippen LogP contribution in [0.25, 0.3) is 0 Å². The Morgan fingerprint density at radius 2 is 1.89 bits per heavy atom. The van der Waals surface area contributed by atoms with Gasteiger partial charge in [0.05, 0.1) is 11.1 Å². The van der Waals surface area contributed by atoms with Crippen LogP contribution in [0.4, 0.5) is 0 Å². The van der Waals surface area contributed by atoms with E-state index in [0.29, 0.717) is 13.1 Å². The van der Waals surface area contributed by atoms with Crippen molar-refractivity contribution < 1.29 is 13.2 Å². The molecule has 1 atom stereocenters. The molecule has 6 nitrogen and oxygen atoms in total. The predicted octanol–water partition coefficient (Wildman–Crippen LogP) is 3.79. The molecule has 2 aromatic rings. The van der Waals surface area contributed by atoms with Gasteiger partial charge in [0.1, 0.15) is 4.90 Å². The van der Waals surface area contributed by atoms with Gasteiger partial charge in [-0.3, -0.25) is 9.78 Å². The van der Waals surface area contributed by atoms with Crippen molar-refractivity contribution >= 4 is 27.5 Å². The van der Waals surface area contributed by atoms with Crippen LogP contribution in [0.2, 0.25) is 5.02 Å². The molecule has 0 spiro atoms. The molecule has 1 fully saturated rings. The number of pyridine rings is 1. The van der Waals surface area contributed by atoms with Crippen LogP contribution in [0.3, 0.4) is 0 Å². The molecular formula is C20H24ClN3O3S. The monoisotopic (exact) mass is 421 g/mol. The summed E-state index contributed by atoms with van der Waals surface area (Å²) < 4.78 is 27.6. The predicted molar refractivity (Wildman–Crippen MR) is 109 cm³/mol. The van der Waals surface area contributed by atoms with Crippen molar-refractivity contribution in [2.24, 2.45) is 0 Å². The maximum atomic E-state index is 13.1. The van der Waals surface area contributed by atoms with Crippen LogP contribution in [0.1, 0.15) is 54.6 Å². The van der Waals surface area contributed by atoms with E-state index in [1.807, 2.05) is 13.0 Å². The molecule has 1 aromatic carbocycles. The van der Waals surface area contributed by atoms with Gasteiger partial charge in [-0.15, -0.1) is 0 Å². The molecule has 1 amide bonds. The summed E-state index contributed by atoms with van der Waals surface area (Å²) in [5.41, 5.74) is 1.12. The van der Waals surface area contributed by atoms with Crippen molar-refractivity contribution in [1.29, 1.82) is 0 Å². The van der Waals surface area contributed by atoms with E-state index in [0.717, 1.165) is 31.2 Å². The highest BCUT2D eigenvalue weighted by Crippen LogP contribution is 2.28. The van der Waals surface area contributed by atoms with Crippen molar-refractivity contribution in [3.8, 4) is 0 Å². The first-order valence-corrected chi connectivity index (χ1v) is 11.2. The van der Waals surface area contributed by atoms with E-state index in [9.17, 15) is 13.2 Å². The minimum Gasteiger partial charge on any atom is -0.345 e. The molecule has 1 aliphatic rings. The number of carbonyl (C=O) groups excluding carboxylic acids is 1. The highest BCUT2D eigenvalue weighted by Gasteiger charge is 2.28. The molecule has 0 bridgehead atoms. The average molecular weight is 422 g/mol. The maximum Gasteiger partial charge on any atom is 0.251 e. The number of carbonyl (C=O) groups is 1. The van der Waals surface area contributed by atoms with Gasteiger partial charge in [-0.05, 0) is 49.6 Å². The number of rotatable bonds is 5. The van der Waals surface area contributed by atoms with Crippen LogP contribution in [-0.2, 0) is 10.0 Å². The summed E-state index contributed by atoms with van der Waals surface area (Å²) in [4.78, 5) is 16.7. The lowest BCUT2D eigenvalue weighted by atomic mass is 10.1. The van der Waals surface area contributed by atoms with Crippen molar-refractivity contribution in [3.63, 3.8) is 0 Å². The number of hydrogen-bond acceptors (Lipinski definition) is 4. The van der Waals surface area contributed by atoms with Crippen molar-refractivity contribution in [1.82, 2.24) is 14.6 Å². The Balaban J connectivity index is 1.83. The number of aromatic nitrogens is 1. The van der Waals surface area contributed by atoms with Gasteiger partial charge >= 0.3 is 0 Å². The molecule has 0 saturated carbocycles. The lowest BCUT2D eigenvalue weighted by Gasteiger charge is -2.21. The van der Waals surface area contributed by atoms with Crippen LogP contribution in [0.15, 0.2) is 47.6 Å². The van der Waals surface area contributed by atoms with E-state index in [-0.39, 0.29) is 27.4 Å². The molecule has 0 unspecified atom stereocenters. The minimum atomic E-state index is -3.74. The first-order chi connectivity index (χ1) is 13.4.